The van der Waals surface area contributed by atoms with Crippen molar-refractivity contribution in [2.24, 2.45) is 5.73 Å². The minimum atomic E-state index is -0.477. The maximum Gasteiger partial charge on any atom is 0.165 e. The number of hydrogen-bond acceptors (Lipinski definition) is 2. The summed E-state index contributed by atoms with van der Waals surface area (Å²) in [4.78, 5) is 11.6. The number of carbonyl (C=O) groups is 1. The summed E-state index contributed by atoms with van der Waals surface area (Å²) in [5.74, 6) is -0.641. The quantitative estimate of drug-likeness (QED) is 0.662. The van der Waals surface area contributed by atoms with E-state index < -0.39 is 5.82 Å². The van der Waals surface area contributed by atoms with Crippen LogP contribution in [0.2, 0.25) is 0 Å². The van der Waals surface area contributed by atoms with E-state index in [9.17, 15) is 9.18 Å². The maximum atomic E-state index is 13.5. The van der Waals surface area contributed by atoms with E-state index in [2.05, 4.69) is 15.9 Å². The number of halogens is 2. The summed E-state index contributed by atoms with van der Waals surface area (Å²) < 4.78 is 13.8. The fourth-order valence-electron chi connectivity index (χ4n) is 1.28. The molecule has 0 spiro atoms. The number of Topliss-reactive ketones (excluding diaryl/α,β-unsaturated/α-hetero) is 1. The number of carbonyl (C=O) groups excluding carboxylic acids is 1. The van der Waals surface area contributed by atoms with Crippen LogP contribution < -0.4 is 5.73 Å². The first-order valence-corrected chi connectivity index (χ1v) is 5.63. The van der Waals surface area contributed by atoms with Crippen LogP contribution in [0.3, 0.4) is 0 Å². The molecule has 0 aliphatic rings. The van der Waals surface area contributed by atoms with Gasteiger partial charge in [0.05, 0.1) is 10.0 Å². The third-order valence-electron chi connectivity index (χ3n) is 2.11. The summed E-state index contributed by atoms with van der Waals surface area (Å²) in [5.41, 5.74) is 5.47. The normalized spacial score (nSPS) is 10.3. The molecule has 0 aliphatic carbocycles. The van der Waals surface area contributed by atoms with Crippen LogP contribution in [0.15, 0.2) is 22.7 Å². The second kappa shape index (κ2) is 5.98. The summed E-state index contributed by atoms with van der Waals surface area (Å²) >= 11 is 3.05. The Hall–Kier alpha value is -0.740. The molecule has 0 unspecified atom stereocenters. The van der Waals surface area contributed by atoms with E-state index in [0.717, 1.165) is 6.42 Å². The van der Waals surface area contributed by atoms with Gasteiger partial charge in [-0.15, -0.1) is 0 Å². The number of hydrogen-bond donors (Lipinski definition) is 1. The molecule has 0 amide bonds. The molecule has 0 atom stereocenters. The fraction of sp³-hybridized carbons (Fsp3) is 0.364. The minimum absolute atomic E-state index is 0.154. The van der Waals surface area contributed by atoms with Crippen LogP contribution in [0.25, 0.3) is 0 Å². The number of ketones is 1. The molecule has 2 nitrogen and oxygen atoms in total. The summed E-state index contributed by atoms with van der Waals surface area (Å²) in [6.07, 6.45) is 1.85. The van der Waals surface area contributed by atoms with Gasteiger partial charge in [0, 0.05) is 6.42 Å². The Kier molecular flexibility index (Phi) is 4.91. The topological polar surface area (TPSA) is 43.1 Å². The van der Waals surface area contributed by atoms with Gasteiger partial charge in [-0.25, -0.2) is 4.39 Å². The van der Waals surface area contributed by atoms with E-state index in [1.54, 1.807) is 12.1 Å². The first kappa shape index (κ1) is 12.3. The highest BCUT2D eigenvalue weighted by atomic mass is 79.9. The lowest BCUT2D eigenvalue weighted by Gasteiger charge is -2.03. The molecule has 4 heteroatoms. The average Bonchev–Trinajstić information content (AvgIpc) is 2.22. The van der Waals surface area contributed by atoms with E-state index in [1.165, 1.54) is 6.07 Å². The summed E-state index contributed by atoms with van der Waals surface area (Å²) in [5, 5.41) is 0. The van der Waals surface area contributed by atoms with Gasteiger partial charge in [0.2, 0.25) is 0 Å². The number of nitrogens with two attached hydrogens (primary N) is 1. The van der Waals surface area contributed by atoms with Gasteiger partial charge >= 0.3 is 0 Å². The Balaban J connectivity index is 2.69. The molecular weight excluding hydrogens is 261 g/mol. The molecule has 0 bridgehead atoms. The zero-order chi connectivity index (χ0) is 11.3. The van der Waals surface area contributed by atoms with Gasteiger partial charge in [-0.2, -0.15) is 0 Å². The molecule has 0 aromatic heterocycles. The van der Waals surface area contributed by atoms with Gasteiger partial charge in [-0.3, -0.25) is 4.79 Å². The smallest absolute Gasteiger partial charge is 0.165 e. The van der Waals surface area contributed by atoms with Gasteiger partial charge < -0.3 is 5.73 Å². The van der Waals surface area contributed by atoms with Crippen LogP contribution in [-0.4, -0.2) is 12.3 Å². The van der Waals surface area contributed by atoms with Crippen LogP contribution in [-0.2, 0) is 0 Å². The second-order valence-corrected chi connectivity index (χ2v) is 4.12. The summed E-state index contributed by atoms with van der Waals surface area (Å²) in [6.45, 7) is 0.564. The van der Waals surface area contributed by atoms with E-state index in [1.807, 2.05) is 0 Å². The first-order valence-electron chi connectivity index (χ1n) is 4.84. The highest BCUT2D eigenvalue weighted by Gasteiger charge is 2.12. The Labute approximate surface area is 96.8 Å². The lowest BCUT2D eigenvalue weighted by molar-refractivity contribution is 0.0975. The van der Waals surface area contributed by atoms with E-state index in [-0.39, 0.29) is 11.3 Å². The summed E-state index contributed by atoms with van der Waals surface area (Å²) in [6, 6.07) is 4.74. The van der Waals surface area contributed by atoms with Crippen molar-refractivity contribution in [3.8, 4) is 0 Å². The molecule has 0 fully saturated rings. The predicted molar refractivity (Wildman–Crippen MR) is 61.3 cm³/mol. The molecule has 0 saturated carbocycles. The van der Waals surface area contributed by atoms with Crippen molar-refractivity contribution in [2.75, 3.05) is 6.54 Å². The van der Waals surface area contributed by atoms with Crippen LogP contribution in [0.4, 0.5) is 4.39 Å². The molecule has 0 heterocycles. The van der Waals surface area contributed by atoms with Crippen LogP contribution in [0.5, 0.6) is 0 Å². The molecule has 0 aliphatic heterocycles. The largest absolute Gasteiger partial charge is 0.330 e. The fourth-order valence-corrected chi connectivity index (χ4v) is 1.65. The number of rotatable bonds is 5. The molecule has 1 aromatic carbocycles. The molecule has 0 radical (unpaired) electrons. The van der Waals surface area contributed by atoms with Crippen molar-refractivity contribution in [1.82, 2.24) is 0 Å². The lowest BCUT2D eigenvalue weighted by Crippen LogP contribution is -2.05. The van der Waals surface area contributed by atoms with Crippen molar-refractivity contribution in [1.29, 1.82) is 0 Å². The Bertz CT molecular complexity index is 354. The summed E-state index contributed by atoms with van der Waals surface area (Å²) in [7, 11) is 0. The van der Waals surface area contributed by atoms with E-state index in [0.29, 0.717) is 23.9 Å². The van der Waals surface area contributed by atoms with Crippen LogP contribution in [0.1, 0.15) is 29.6 Å². The van der Waals surface area contributed by atoms with Gasteiger partial charge in [0.15, 0.2) is 5.78 Å². The molecule has 0 saturated heterocycles. The van der Waals surface area contributed by atoms with Gasteiger partial charge in [0.25, 0.3) is 0 Å². The monoisotopic (exact) mass is 273 g/mol. The highest BCUT2D eigenvalue weighted by molar-refractivity contribution is 9.10. The number of unbranched alkanes of at least 4 members (excludes halogenated alkanes) is 1. The van der Waals surface area contributed by atoms with Crippen LogP contribution >= 0.6 is 15.9 Å². The zero-order valence-corrected chi connectivity index (χ0v) is 9.89. The van der Waals surface area contributed by atoms with Crippen molar-refractivity contribution in [3.05, 3.63) is 34.1 Å². The van der Waals surface area contributed by atoms with Crippen molar-refractivity contribution in [2.45, 2.75) is 19.3 Å². The van der Waals surface area contributed by atoms with Gasteiger partial charge in [0.1, 0.15) is 5.82 Å². The first-order chi connectivity index (χ1) is 7.16. The molecule has 82 valence electrons. The zero-order valence-electron chi connectivity index (χ0n) is 8.30. The Morgan fingerprint density at radius 2 is 2.13 bits per heavy atom. The third kappa shape index (κ3) is 3.39. The Morgan fingerprint density at radius 3 is 2.80 bits per heavy atom. The average molecular weight is 274 g/mol. The molecule has 1 aromatic rings. The molecule has 1 rings (SSSR count). The standard InChI is InChI=1S/C11H13BrFNO/c12-9-5-3-4-8(11(9)13)10(15)6-1-2-7-14/h3-5H,1-2,6-7,14H2. The minimum Gasteiger partial charge on any atom is -0.330 e. The van der Waals surface area contributed by atoms with Crippen molar-refractivity contribution >= 4 is 21.7 Å². The lowest BCUT2D eigenvalue weighted by atomic mass is 10.1. The second-order valence-electron chi connectivity index (χ2n) is 3.27. The molecular formula is C11H13BrFNO. The van der Waals surface area contributed by atoms with Crippen molar-refractivity contribution in [3.63, 3.8) is 0 Å². The number of benzene rings is 1. The van der Waals surface area contributed by atoms with Crippen LogP contribution in [0, 0.1) is 5.82 Å². The van der Waals surface area contributed by atoms with E-state index in [4.69, 9.17) is 5.73 Å². The molecule has 15 heavy (non-hydrogen) atoms. The predicted octanol–water partition coefficient (Wildman–Crippen LogP) is 2.90. The Morgan fingerprint density at radius 1 is 1.40 bits per heavy atom. The van der Waals surface area contributed by atoms with Gasteiger partial charge in [-0.1, -0.05) is 6.07 Å². The highest BCUT2D eigenvalue weighted by Crippen LogP contribution is 2.20. The van der Waals surface area contributed by atoms with Gasteiger partial charge in [-0.05, 0) is 47.4 Å². The third-order valence-corrected chi connectivity index (χ3v) is 2.72. The maximum absolute atomic E-state index is 13.5. The SMILES string of the molecule is NCCCCC(=O)c1cccc(Br)c1F. The van der Waals surface area contributed by atoms with Crippen molar-refractivity contribution < 1.29 is 9.18 Å². The molecule has 2 N–H and O–H groups in total. The van der Waals surface area contributed by atoms with E-state index >= 15 is 0 Å².